The molecule has 0 aliphatic carbocycles. The van der Waals surface area contributed by atoms with E-state index in [0.717, 1.165) is 51.1 Å². The third-order valence-corrected chi connectivity index (χ3v) is 8.02. The molecule has 0 bridgehead atoms. The number of carbonyl (C=O) groups excluding carboxylic acids is 1. The number of nitrogens with one attached hydrogen (secondary N) is 1. The van der Waals surface area contributed by atoms with Crippen molar-refractivity contribution in [2.45, 2.75) is 38.8 Å². The van der Waals surface area contributed by atoms with Crippen LogP contribution in [0.5, 0.6) is 11.5 Å². The molecule has 0 unspecified atom stereocenters. The van der Waals surface area contributed by atoms with Crippen molar-refractivity contribution < 1.29 is 31.6 Å². The topological polar surface area (TPSA) is 58.8 Å². The third kappa shape index (κ3) is 7.64. The second-order valence-corrected chi connectivity index (χ2v) is 11.4. The van der Waals surface area contributed by atoms with Gasteiger partial charge in [0.25, 0.3) is 0 Å². The van der Waals surface area contributed by atoms with Gasteiger partial charge in [-0.3, -0.25) is 9.80 Å². The number of hydrazone groups is 1. The zero-order valence-electron chi connectivity index (χ0n) is 24.9. The number of methoxy groups -OCH3 is 1. The lowest BCUT2D eigenvalue weighted by Crippen LogP contribution is -3.15. The number of benzene rings is 3. The summed E-state index contributed by atoms with van der Waals surface area (Å²) < 4.78 is 11.4. The summed E-state index contributed by atoms with van der Waals surface area (Å²) in [6.45, 7) is 8.99. The molecule has 3 aromatic rings. The molecule has 8 heteroatoms. The van der Waals surface area contributed by atoms with E-state index in [1.165, 1.54) is 16.0 Å². The number of nitrogens with zero attached hydrogens (tertiary/aromatic N) is 3. The summed E-state index contributed by atoms with van der Waals surface area (Å²) >= 11 is 0. The molecule has 5 rings (SSSR count). The molecule has 1 N–H and O–H groups in total. The second-order valence-electron chi connectivity index (χ2n) is 11.4. The van der Waals surface area contributed by atoms with Gasteiger partial charge in [-0.15, -0.1) is 0 Å². The quantitative estimate of drug-likeness (QED) is 0.359. The molecule has 7 nitrogen and oxygen atoms in total. The summed E-state index contributed by atoms with van der Waals surface area (Å²) in [6.07, 6.45) is 3.64. The van der Waals surface area contributed by atoms with E-state index in [2.05, 4.69) is 79.4 Å². The molecular formula is C34H43ClN4O3. The van der Waals surface area contributed by atoms with Gasteiger partial charge in [-0.2, -0.15) is 5.10 Å². The minimum absolute atomic E-state index is 0. The minimum Gasteiger partial charge on any atom is -1.00 e. The molecule has 2 aliphatic rings. The molecular weight excluding hydrogens is 548 g/mol. The van der Waals surface area contributed by atoms with Crippen molar-refractivity contribution in [2.75, 3.05) is 46.4 Å². The molecule has 42 heavy (non-hydrogen) atoms. The summed E-state index contributed by atoms with van der Waals surface area (Å²) in [4.78, 5) is 17.2. The first-order chi connectivity index (χ1) is 20.0. The average Bonchev–Trinajstić information content (AvgIpc) is 3.49. The van der Waals surface area contributed by atoms with Gasteiger partial charge in [0.2, 0.25) is 5.91 Å². The van der Waals surface area contributed by atoms with E-state index in [-0.39, 0.29) is 30.4 Å². The number of hydrogen-bond donors (Lipinski definition) is 1. The Morgan fingerprint density at radius 2 is 1.60 bits per heavy atom. The van der Waals surface area contributed by atoms with Crippen molar-refractivity contribution in [1.29, 1.82) is 0 Å². The fourth-order valence-corrected chi connectivity index (χ4v) is 5.89. The highest BCUT2D eigenvalue weighted by Gasteiger charge is 2.37. The summed E-state index contributed by atoms with van der Waals surface area (Å²) in [6, 6.07) is 27.4. The number of hydrogen-bond acceptors (Lipinski definition) is 5. The molecule has 0 aromatic heterocycles. The zero-order chi connectivity index (χ0) is 28.6. The van der Waals surface area contributed by atoms with E-state index in [4.69, 9.17) is 14.6 Å². The Kier molecular flexibility index (Phi) is 11.3. The zero-order valence-corrected chi connectivity index (χ0v) is 25.7. The first-order valence-electron chi connectivity index (χ1n) is 14.9. The highest BCUT2D eigenvalue weighted by Crippen LogP contribution is 2.28. The fourth-order valence-electron chi connectivity index (χ4n) is 5.89. The van der Waals surface area contributed by atoms with Gasteiger partial charge in [0.1, 0.15) is 12.1 Å². The number of quaternary nitrogens is 1. The van der Waals surface area contributed by atoms with Crippen LogP contribution >= 0.6 is 0 Å². The molecule has 3 aromatic carbocycles. The van der Waals surface area contributed by atoms with Crippen molar-refractivity contribution in [3.05, 3.63) is 95.6 Å². The molecule has 1 atom stereocenters. The van der Waals surface area contributed by atoms with Gasteiger partial charge in [0.05, 0.1) is 46.1 Å². The van der Waals surface area contributed by atoms with Gasteiger partial charge < -0.3 is 31.7 Å². The molecule has 224 valence electrons. The van der Waals surface area contributed by atoms with Crippen LogP contribution in [0.1, 0.15) is 49.4 Å². The predicted octanol–water partition coefficient (Wildman–Crippen LogP) is 1.05. The number of carbonyl (C=O) groups is 1. The molecule has 0 spiro atoms. The molecule has 2 heterocycles. The first-order valence-corrected chi connectivity index (χ1v) is 14.9. The Hall–Kier alpha value is -3.55. The van der Waals surface area contributed by atoms with Crippen molar-refractivity contribution in [1.82, 2.24) is 9.91 Å². The van der Waals surface area contributed by atoms with Crippen molar-refractivity contribution in [3.8, 4) is 11.5 Å². The summed E-state index contributed by atoms with van der Waals surface area (Å²) in [5, 5.41) is 6.73. The van der Waals surface area contributed by atoms with E-state index in [1.807, 2.05) is 29.4 Å². The number of rotatable bonds is 10. The number of halogens is 1. The Morgan fingerprint density at radius 3 is 2.19 bits per heavy atom. The largest absolute Gasteiger partial charge is 1.00 e. The van der Waals surface area contributed by atoms with Gasteiger partial charge >= 0.3 is 0 Å². The van der Waals surface area contributed by atoms with Crippen molar-refractivity contribution >= 4 is 12.1 Å². The van der Waals surface area contributed by atoms with Crippen LogP contribution < -0.4 is 26.8 Å². The maximum absolute atomic E-state index is 13.7. The fraction of sp³-hybridized carbons (Fsp3) is 0.412. The van der Waals surface area contributed by atoms with Gasteiger partial charge in [-0.1, -0.05) is 74.5 Å². The van der Waals surface area contributed by atoms with Crippen molar-refractivity contribution in [3.63, 3.8) is 0 Å². The summed E-state index contributed by atoms with van der Waals surface area (Å²) in [5.74, 6) is 2.04. The van der Waals surface area contributed by atoms with Crippen LogP contribution in [-0.2, 0) is 4.79 Å². The first kappa shape index (κ1) is 31.4. The van der Waals surface area contributed by atoms with Crippen LogP contribution in [0, 0.1) is 5.92 Å². The maximum atomic E-state index is 13.7. The number of amides is 1. The van der Waals surface area contributed by atoms with Crippen LogP contribution in [0.4, 0.5) is 0 Å². The van der Waals surface area contributed by atoms with E-state index >= 15 is 0 Å². The summed E-state index contributed by atoms with van der Waals surface area (Å²) in [5.41, 5.74) is 3.56. The third-order valence-electron chi connectivity index (χ3n) is 8.02. The normalized spacial score (nSPS) is 17.6. The van der Waals surface area contributed by atoms with E-state index in [9.17, 15) is 4.79 Å². The van der Waals surface area contributed by atoms with Gasteiger partial charge in [-0.25, -0.2) is 0 Å². The Balaban J connectivity index is 0.00000405. The smallest absolute Gasteiger partial charge is 0.247 e. The lowest BCUT2D eigenvalue weighted by atomic mass is 9.96. The van der Waals surface area contributed by atoms with E-state index in [1.54, 1.807) is 7.11 Å². The molecule has 0 radical (unpaired) electrons. The highest BCUT2D eigenvalue weighted by molar-refractivity contribution is 5.83. The SMILES string of the molecule is COc1ccc(/C=N/N2CCC[C@H]2C(=O)N2CC[NH+](C(c3ccccc3)c3ccccc3)CC2)cc1OCC(C)C.[Cl-]. The lowest BCUT2D eigenvalue weighted by Gasteiger charge is -2.38. The minimum atomic E-state index is -0.207. The number of ether oxygens (including phenoxy) is 2. The Bertz CT molecular complexity index is 1260. The van der Waals surface area contributed by atoms with E-state index < -0.39 is 0 Å². The molecule has 1 amide bonds. The van der Waals surface area contributed by atoms with E-state index in [0.29, 0.717) is 24.0 Å². The predicted molar refractivity (Wildman–Crippen MR) is 163 cm³/mol. The van der Waals surface area contributed by atoms with Crippen LogP contribution in [0.2, 0.25) is 0 Å². The number of piperazine rings is 1. The van der Waals surface area contributed by atoms with Gasteiger partial charge in [0.15, 0.2) is 11.5 Å². The molecule has 0 saturated carbocycles. The average molecular weight is 591 g/mol. The van der Waals surface area contributed by atoms with Gasteiger partial charge in [-0.05, 0) is 42.5 Å². The summed E-state index contributed by atoms with van der Waals surface area (Å²) in [7, 11) is 1.65. The van der Waals surface area contributed by atoms with Crippen LogP contribution in [0.3, 0.4) is 0 Å². The second kappa shape index (κ2) is 15.1. The van der Waals surface area contributed by atoms with Crippen LogP contribution in [0.25, 0.3) is 0 Å². The lowest BCUT2D eigenvalue weighted by molar-refractivity contribution is -0.929. The maximum Gasteiger partial charge on any atom is 0.247 e. The molecule has 2 saturated heterocycles. The van der Waals surface area contributed by atoms with Crippen LogP contribution in [0.15, 0.2) is 84.0 Å². The Labute approximate surface area is 256 Å². The van der Waals surface area contributed by atoms with Crippen LogP contribution in [-0.4, -0.2) is 74.5 Å². The molecule has 2 fully saturated rings. The molecule has 2 aliphatic heterocycles. The monoisotopic (exact) mass is 590 g/mol. The standard InChI is InChI=1S/C34H42N4O3.ClH/c1-26(2)25-41-32-23-27(16-17-31(32)40-3)24-35-38-18-10-15-30(38)34(39)37-21-19-36(20-22-37)33(28-11-6-4-7-12-28)29-13-8-5-9-14-29;/h4-9,11-14,16-17,23-24,26,30,33H,10,15,18-22,25H2,1-3H3;1H/b35-24+;/t30-;/m0./s1. The Morgan fingerprint density at radius 1 is 0.952 bits per heavy atom. The van der Waals surface area contributed by atoms with Gasteiger partial charge in [0, 0.05) is 17.7 Å². The van der Waals surface area contributed by atoms with Crippen molar-refractivity contribution in [2.24, 2.45) is 11.0 Å². The highest BCUT2D eigenvalue weighted by atomic mass is 35.5.